The van der Waals surface area contributed by atoms with Crippen molar-refractivity contribution in [3.8, 4) is 0 Å². The third-order valence-corrected chi connectivity index (χ3v) is 8.67. The van der Waals surface area contributed by atoms with Crippen LogP contribution in [0, 0.1) is 0 Å². The van der Waals surface area contributed by atoms with Gasteiger partial charge in [-0.1, -0.05) is 20.8 Å². The van der Waals surface area contributed by atoms with Crippen molar-refractivity contribution < 1.29 is 9.22 Å². The largest absolute Gasteiger partial charge is 0.429 e. The standard InChI is InChI=1S/C11H28O2Si2/c1-8-11(9-2,13-14(4,5)6)15(7,12)10-3/h12H,8-10H2,1-7H3. The molecule has 0 spiro atoms. The van der Waals surface area contributed by atoms with Gasteiger partial charge in [0.1, 0.15) is 0 Å². The SMILES string of the molecule is CCC(CC)(O[Si](C)(C)C)[Si](C)(O)CC. The summed E-state index contributed by atoms with van der Waals surface area (Å²) in [6.07, 6.45) is 1.86. The molecule has 0 radical (unpaired) electrons. The monoisotopic (exact) mass is 248 g/mol. The molecule has 0 aromatic heterocycles. The molecule has 0 rings (SSSR count). The van der Waals surface area contributed by atoms with E-state index < -0.39 is 16.6 Å². The van der Waals surface area contributed by atoms with E-state index in [2.05, 4.69) is 40.4 Å². The number of rotatable bonds is 6. The molecule has 0 aliphatic heterocycles. The van der Waals surface area contributed by atoms with Crippen LogP contribution in [0.5, 0.6) is 0 Å². The molecule has 15 heavy (non-hydrogen) atoms. The van der Waals surface area contributed by atoms with Gasteiger partial charge in [0.05, 0.1) is 5.22 Å². The normalized spacial score (nSPS) is 17.6. The summed E-state index contributed by atoms with van der Waals surface area (Å²) in [4.78, 5) is 10.6. The first-order valence-electron chi connectivity index (χ1n) is 6.06. The molecule has 0 aromatic rings. The number of hydrogen-bond donors (Lipinski definition) is 1. The topological polar surface area (TPSA) is 29.5 Å². The van der Waals surface area contributed by atoms with Crippen molar-refractivity contribution in [3.05, 3.63) is 0 Å². The van der Waals surface area contributed by atoms with Crippen LogP contribution in [0.4, 0.5) is 0 Å². The van der Waals surface area contributed by atoms with E-state index in [-0.39, 0.29) is 5.22 Å². The van der Waals surface area contributed by atoms with Gasteiger partial charge in [0.15, 0.2) is 8.32 Å². The zero-order valence-electron chi connectivity index (χ0n) is 11.5. The van der Waals surface area contributed by atoms with E-state index in [1.54, 1.807) is 0 Å². The molecule has 0 amide bonds. The second-order valence-electron chi connectivity index (χ2n) is 5.54. The van der Waals surface area contributed by atoms with Gasteiger partial charge in [-0.2, -0.15) is 0 Å². The van der Waals surface area contributed by atoms with Crippen LogP contribution in [-0.4, -0.2) is 26.7 Å². The Hall–Kier alpha value is 0.354. The van der Waals surface area contributed by atoms with Crippen molar-refractivity contribution in [2.24, 2.45) is 0 Å². The van der Waals surface area contributed by atoms with Gasteiger partial charge in [0.25, 0.3) is 0 Å². The van der Waals surface area contributed by atoms with Crippen molar-refractivity contribution in [3.63, 3.8) is 0 Å². The molecular formula is C11H28O2Si2. The van der Waals surface area contributed by atoms with Crippen molar-refractivity contribution in [2.45, 2.75) is 71.1 Å². The molecule has 0 bridgehead atoms. The molecule has 92 valence electrons. The summed E-state index contributed by atoms with van der Waals surface area (Å²) >= 11 is 0. The van der Waals surface area contributed by atoms with Gasteiger partial charge < -0.3 is 9.22 Å². The highest BCUT2D eigenvalue weighted by molar-refractivity contribution is 6.76. The minimum Gasteiger partial charge on any atom is -0.429 e. The maximum absolute atomic E-state index is 10.6. The highest BCUT2D eigenvalue weighted by Crippen LogP contribution is 2.35. The Kier molecular flexibility index (Phi) is 5.24. The van der Waals surface area contributed by atoms with Gasteiger partial charge in [-0.15, -0.1) is 0 Å². The van der Waals surface area contributed by atoms with Crippen LogP contribution in [0.15, 0.2) is 0 Å². The Morgan fingerprint density at radius 3 is 1.60 bits per heavy atom. The fourth-order valence-corrected chi connectivity index (χ4v) is 7.60. The second kappa shape index (κ2) is 5.12. The highest BCUT2D eigenvalue weighted by atomic mass is 28.4. The van der Waals surface area contributed by atoms with Crippen molar-refractivity contribution in [1.29, 1.82) is 0 Å². The molecule has 1 unspecified atom stereocenters. The Labute approximate surface area is 97.3 Å². The van der Waals surface area contributed by atoms with Gasteiger partial charge in [0, 0.05) is 0 Å². The molecular weight excluding hydrogens is 220 g/mol. The first-order chi connectivity index (χ1) is 6.64. The molecule has 0 saturated heterocycles. The summed E-state index contributed by atoms with van der Waals surface area (Å²) in [6, 6.07) is 0.874. The van der Waals surface area contributed by atoms with E-state index in [0.717, 1.165) is 18.9 Å². The van der Waals surface area contributed by atoms with Gasteiger partial charge in [-0.05, 0) is 45.1 Å². The highest BCUT2D eigenvalue weighted by Gasteiger charge is 2.48. The van der Waals surface area contributed by atoms with E-state index >= 15 is 0 Å². The van der Waals surface area contributed by atoms with Crippen molar-refractivity contribution in [2.75, 3.05) is 0 Å². The van der Waals surface area contributed by atoms with Crippen molar-refractivity contribution >= 4 is 16.6 Å². The van der Waals surface area contributed by atoms with Crippen molar-refractivity contribution in [1.82, 2.24) is 0 Å². The van der Waals surface area contributed by atoms with E-state index in [1.807, 2.05) is 6.55 Å². The van der Waals surface area contributed by atoms with Crippen LogP contribution in [0.2, 0.25) is 32.2 Å². The first kappa shape index (κ1) is 15.4. The second-order valence-corrected chi connectivity index (χ2v) is 14.1. The smallest absolute Gasteiger partial charge is 0.215 e. The Morgan fingerprint density at radius 1 is 1.00 bits per heavy atom. The molecule has 1 atom stereocenters. The number of hydrogen-bond acceptors (Lipinski definition) is 2. The predicted octanol–water partition coefficient (Wildman–Crippen LogP) is 3.52. The molecule has 0 saturated carbocycles. The van der Waals surface area contributed by atoms with E-state index in [0.29, 0.717) is 0 Å². The lowest BCUT2D eigenvalue weighted by Crippen LogP contribution is -2.61. The minimum atomic E-state index is -2.25. The van der Waals surface area contributed by atoms with Gasteiger partial charge in [-0.25, -0.2) is 0 Å². The first-order valence-corrected chi connectivity index (χ1v) is 12.1. The fourth-order valence-electron chi connectivity index (χ4n) is 2.17. The zero-order valence-corrected chi connectivity index (χ0v) is 13.5. The third kappa shape index (κ3) is 3.69. The molecule has 0 fully saturated rings. The van der Waals surface area contributed by atoms with Crippen LogP contribution in [0.25, 0.3) is 0 Å². The fraction of sp³-hybridized carbons (Fsp3) is 1.00. The third-order valence-electron chi connectivity index (χ3n) is 3.31. The van der Waals surface area contributed by atoms with Crippen LogP contribution in [0.3, 0.4) is 0 Å². The van der Waals surface area contributed by atoms with Crippen LogP contribution in [0.1, 0.15) is 33.6 Å². The molecule has 0 heterocycles. The summed E-state index contributed by atoms with van der Waals surface area (Å²) < 4.78 is 6.33. The minimum absolute atomic E-state index is 0.230. The Bertz CT molecular complexity index is 193. The average molecular weight is 249 g/mol. The maximum atomic E-state index is 10.6. The Balaban J connectivity index is 5.05. The van der Waals surface area contributed by atoms with Gasteiger partial charge >= 0.3 is 0 Å². The van der Waals surface area contributed by atoms with Gasteiger partial charge in [-0.3, -0.25) is 0 Å². The lowest BCUT2D eigenvalue weighted by atomic mass is 10.2. The quantitative estimate of drug-likeness (QED) is 0.729. The molecule has 1 N–H and O–H groups in total. The summed E-state index contributed by atoms with van der Waals surface area (Å²) in [5, 5.41) is -0.230. The molecule has 4 heteroatoms. The Morgan fingerprint density at radius 2 is 1.40 bits per heavy atom. The average Bonchev–Trinajstić information content (AvgIpc) is 2.12. The van der Waals surface area contributed by atoms with Crippen LogP contribution in [-0.2, 0) is 4.43 Å². The lowest BCUT2D eigenvalue weighted by molar-refractivity contribution is 0.107. The van der Waals surface area contributed by atoms with Crippen LogP contribution < -0.4 is 0 Å². The van der Waals surface area contributed by atoms with E-state index in [9.17, 15) is 4.80 Å². The molecule has 0 aliphatic rings. The van der Waals surface area contributed by atoms with E-state index in [1.165, 1.54) is 0 Å². The summed E-state index contributed by atoms with van der Waals surface area (Å²) in [5.41, 5.74) is 0. The van der Waals surface area contributed by atoms with Gasteiger partial charge in [0.2, 0.25) is 8.32 Å². The molecule has 2 nitrogen and oxygen atoms in total. The molecule has 0 aromatic carbocycles. The van der Waals surface area contributed by atoms with E-state index in [4.69, 9.17) is 4.43 Å². The summed E-state index contributed by atoms with van der Waals surface area (Å²) in [7, 11) is -3.84. The van der Waals surface area contributed by atoms with Crippen LogP contribution >= 0.6 is 0 Å². The lowest BCUT2D eigenvalue weighted by Gasteiger charge is -2.46. The predicted molar refractivity (Wildman–Crippen MR) is 72.1 cm³/mol. The summed E-state index contributed by atoms with van der Waals surface area (Å²) in [6.45, 7) is 15.0. The maximum Gasteiger partial charge on any atom is 0.215 e. The summed E-state index contributed by atoms with van der Waals surface area (Å²) in [5.74, 6) is 0. The molecule has 0 aliphatic carbocycles. The zero-order chi connectivity index (χ0) is 12.3.